The number of halogens is 1. The summed E-state index contributed by atoms with van der Waals surface area (Å²) in [5.41, 5.74) is 1.39. The lowest BCUT2D eigenvalue weighted by Crippen LogP contribution is -2.57. The summed E-state index contributed by atoms with van der Waals surface area (Å²) in [4.78, 5) is 6.64. The predicted molar refractivity (Wildman–Crippen MR) is 101 cm³/mol. The minimum absolute atomic E-state index is 0.131. The molecule has 1 aliphatic rings. The second-order valence-corrected chi connectivity index (χ2v) is 6.90. The highest BCUT2D eigenvalue weighted by Gasteiger charge is 2.34. The van der Waals surface area contributed by atoms with Crippen LogP contribution in [0.25, 0.3) is 0 Å². The Morgan fingerprint density at radius 2 is 1.88 bits per heavy atom. The zero-order valence-electron chi connectivity index (χ0n) is 14.9. The first-order valence-corrected chi connectivity index (χ1v) is 8.88. The number of benzene rings is 1. The van der Waals surface area contributed by atoms with Gasteiger partial charge in [0.25, 0.3) is 0 Å². The Kier molecular flexibility index (Phi) is 7.34. The monoisotopic (exact) mass is 352 g/mol. The van der Waals surface area contributed by atoms with Gasteiger partial charge in [-0.15, -0.1) is 0 Å². The van der Waals surface area contributed by atoms with E-state index < -0.39 is 0 Å². The molecule has 0 spiro atoms. The van der Waals surface area contributed by atoms with Gasteiger partial charge in [0.1, 0.15) is 0 Å². The Bertz CT molecular complexity index is 524. The van der Waals surface area contributed by atoms with Crippen LogP contribution in [0.1, 0.15) is 18.4 Å². The minimum Gasteiger partial charge on any atom is -0.381 e. The molecule has 6 heteroatoms. The van der Waals surface area contributed by atoms with E-state index >= 15 is 0 Å². The summed E-state index contributed by atoms with van der Waals surface area (Å²) in [7, 11) is 6.09. The SMILES string of the molecule is CN=C(NCCc1ccc(Cl)cc1)NCC1(N(C)C)CCOCC1. The van der Waals surface area contributed by atoms with Crippen LogP contribution in [0.15, 0.2) is 29.3 Å². The van der Waals surface area contributed by atoms with Gasteiger partial charge in [-0.3, -0.25) is 4.99 Å². The van der Waals surface area contributed by atoms with Gasteiger partial charge in [-0.2, -0.15) is 0 Å². The van der Waals surface area contributed by atoms with Gasteiger partial charge in [0.05, 0.1) is 0 Å². The van der Waals surface area contributed by atoms with Gasteiger partial charge in [0, 0.05) is 43.9 Å². The molecule has 2 N–H and O–H groups in total. The molecule has 2 rings (SSSR count). The van der Waals surface area contributed by atoms with Crippen LogP contribution in [0.4, 0.5) is 0 Å². The average molecular weight is 353 g/mol. The summed E-state index contributed by atoms with van der Waals surface area (Å²) in [6.07, 6.45) is 3.01. The van der Waals surface area contributed by atoms with Crippen LogP contribution in [0.3, 0.4) is 0 Å². The molecular formula is C18H29ClN4O. The maximum Gasteiger partial charge on any atom is 0.191 e. The van der Waals surface area contributed by atoms with Crippen molar-refractivity contribution in [1.82, 2.24) is 15.5 Å². The normalized spacial score (nSPS) is 17.8. The van der Waals surface area contributed by atoms with Crippen molar-refractivity contribution in [2.45, 2.75) is 24.8 Å². The van der Waals surface area contributed by atoms with E-state index in [9.17, 15) is 0 Å². The minimum atomic E-state index is 0.131. The summed E-state index contributed by atoms with van der Waals surface area (Å²) in [6.45, 7) is 3.34. The van der Waals surface area contributed by atoms with E-state index in [0.717, 1.165) is 56.5 Å². The Morgan fingerprint density at radius 3 is 2.46 bits per heavy atom. The van der Waals surface area contributed by atoms with Crippen molar-refractivity contribution in [2.24, 2.45) is 4.99 Å². The molecule has 0 bridgehead atoms. The first-order chi connectivity index (χ1) is 11.6. The number of ether oxygens (including phenoxy) is 1. The predicted octanol–water partition coefficient (Wildman–Crippen LogP) is 2.16. The van der Waals surface area contributed by atoms with Crippen molar-refractivity contribution < 1.29 is 4.74 Å². The Hall–Kier alpha value is -1.30. The number of rotatable bonds is 6. The van der Waals surface area contributed by atoms with Crippen LogP contribution in [0, 0.1) is 0 Å². The van der Waals surface area contributed by atoms with Gasteiger partial charge in [-0.25, -0.2) is 0 Å². The number of likely N-dealkylation sites (N-methyl/N-ethyl adjacent to an activating group) is 1. The van der Waals surface area contributed by atoms with Gasteiger partial charge in [-0.1, -0.05) is 23.7 Å². The molecule has 1 saturated heterocycles. The van der Waals surface area contributed by atoms with E-state index in [4.69, 9.17) is 16.3 Å². The van der Waals surface area contributed by atoms with Crippen LogP contribution in [0.5, 0.6) is 0 Å². The lowest BCUT2D eigenvalue weighted by molar-refractivity contribution is -0.00500. The summed E-state index contributed by atoms with van der Waals surface area (Å²) < 4.78 is 5.52. The second kappa shape index (κ2) is 9.25. The van der Waals surface area contributed by atoms with Gasteiger partial charge in [0.15, 0.2) is 5.96 Å². The molecule has 1 aromatic carbocycles. The van der Waals surface area contributed by atoms with E-state index in [1.54, 1.807) is 0 Å². The van der Waals surface area contributed by atoms with Gasteiger partial charge in [0.2, 0.25) is 0 Å². The zero-order chi connectivity index (χ0) is 17.4. The molecule has 1 fully saturated rings. The molecule has 1 aliphatic heterocycles. The van der Waals surface area contributed by atoms with Crippen LogP contribution in [0.2, 0.25) is 5.02 Å². The standard InChI is InChI=1S/C18H29ClN4O/c1-20-17(21-11-8-15-4-6-16(19)7-5-15)22-14-18(23(2)3)9-12-24-13-10-18/h4-7H,8-14H2,1-3H3,(H2,20,21,22). The second-order valence-electron chi connectivity index (χ2n) is 6.46. The first kappa shape index (κ1) is 19.0. The summed E-state index contributed by atoms with van der Waals surface area (Å²) >= 11 is 5.91. The number of nitrogens with one attached hydrogen (secondary N) is 2. The highest BCUT2D eigenvalue weighted by Crippen LogP contribution is 2.24. The highest BCUT2D eigenvalue weighted by atomic mass is 35.5. The maximum atomic E-state index is 5.91. The molecule has 0 amide bonds. The number of guanidine groups is 1. The van der Waals surface area contributed by atoms with Crippen molar-refractivity contribution in [2.75, 3.05) is 47.4 Å². The third-order valence-electron chi connectivity index (χ3n) is 4.80. The van der Waals surface area contributed by atoms with E-state index in [2.05, 4.69) is 46.8 Å². The van der Waals surface area contributed by atoms with Gasteiger partial charge < -0.3 is 20.3 Å². The van der Waals surface area contributed by atoms with Crippen LogP contribution in [-0.4, -0.2) is 63.8 Å². The van der Waals surface area contributed by atoms with Crippen molar-refractivity contribution >= 4 is 17.6 Å². The lowest BCUT2D eigenvalue weighted by atomic mass is 9.88. The molecule has 0 unspecified atom stereocenters. The van der Waals surface area contributed by atoms with Gasteiger partial charge >= 0.3 is 0 Å². The summed E-state index contributed by atoms with van der Waals surface area (Å²) in [6, 6.07) is 7.97. The van der Waals surface area contributed by atoms with Crippen LogP contribution >= 0.6 is 11.6 Å². The molecule has 1 aromatic rings. The van der Waals surface area contributed by atoms with E-state index in [1.165, 1.54) is 5.56 Å². The highest BCUT2D eigenvalue weighted by molar-refractivity contribution is 6.30. The number of nitrogens with zero attached hydrogens (tertiary/aromatic N) is 2. The van der Waals surface area contributed by atoms with Crippen molar-refractivity contribution in [3.63, 3.8) is 0 Å². The zero-order valence-corrected chi connectivity index (χ0v) is 15.7. The van der Waals surface area contributed by atoms with Crippen LogP contribution < -0.4 is 10.6 Å². The Balaban J connectivity index is 1.80. The summed E-state index contributed by atoms with van der Waals surface area (Å²) in [5, 5.41) is 7.63. The Labute approximate surface area is 150 Å². The topological polar surface area (TPSA) is 48.9 Å². The molecule has 0 aromatic heterocycles. The first-order valence-electron chi connectivity index (χ1n) is 8.50. The summed E-state index contributed by atoms with van der Waals surface area (Å²) in [5.74, 6) is 0.844. The van der Waals surface area contributed by atoms with E-state index in [0.29, 0.717) is 0 Å². The molecule has 0 aliphatic carbocycles. The van der Waals surface area contributed by atoms with Gasteiger partial charge in [-0.05, 0) is 51.1 Å². The fourth-order valence-electron chi connectivity index (χ4n) is 2.98. The quantitative estimate of drug-likeness (QED) is 0.608. The van der Waals surface area contributed by atoms with Crippen molar-refractivity contribution in [1.29, 1.82) is 0 Å². The number of hydrogen-bond donors (Lipinski definition) is 2. The van der Waals surface area contributed by atoms with E-state index in [1.807, 2.05) is 19.2 Å². The molecule has 24 heavy (non-hydrogen) atoms. The fourth-order valence-corrected chi connectivity index (χ4v) is 3.10. The molecule has 5 nitrogen and oxygen atoms in total. The third kappa shape index (κ3) is 5.36. The average Bonchev–Trinajstić information content (AvgIpc) is 2.60. The molecular weight excluding hydrogens is 324 g/mol. The molecule has 1 heterocycles. The Morgan fingerprint density at radius 1 is 1.21 bits per heavy atom. The largest absolute Gasteiger partial charge is 0.381 e. The van der Waals surface area contributed by atoms with Crippen LogP contribution in [-0.2, 0) is 11.2 Å². The fraction of sp³-hybridized carbons (Fsp3) is 0.611. The van der Waals surface area contributed by atoms with Crippen molar-refractivity contribution in [3.05, 3.63) is 34.9 Å². The lowest BCUT2D eigenvalue weighted by Gasteiger charge is -2.43. The third-order valence-corrected chi connectivity index (χ3v) is 5.05. The smallest absolute Gasteiger partial charge is 0.191 e. The molecule has 0 atom stereocenters. The number of aliphatic imine (C=N–C) groups is 1. The number of hydrogen-bond acceptors (Lipinski definition) is 3. The molecule has 134 valence electrons. The van der Waals surface area contributed by atoms with E-state index in [-0.39, 0.29) is 5.54 Å². The van der Waals surface area contributed by atoms with Crippen molar-refractivity contribution in [3.8, 4) is 0 Å². The molecule has 0 radical (unpaired) electrons. The molecule has 0 saturated carbocycles. The maximum absolute atomic E-state index is 5.91.